The van der Waals surface area contributed by atoms with Crippen molar-refractivity contribution in [3.8, 4) is 5.69 Å². The molecule has 2 aromatic carbocycles. The van der Waals surface area contributed by atoms with E-state index in [0.29, 0.717) is 6.54 Å². The average molecular weight is 285 g/mol. The monoisotopic (exact) mass is 285 g/mol. The lowest BCUT2D eigenvalue weighted by molar-refractivity contribution is 0.585. The number of hydrogen-bond donors (Lipinski definition) is 1. The van der Waals surface area contributed by atoms with Gasteiger partial charge < -0.3 is 9.88 Å². The number of anilines is 1. The van der Waals surface area contributed by atoms with Crippen molar-refractivity contribution in [2.45, 2.75) is 6.54 Å². The van der Waals surface area contributed by atoms with Gasteiger partial charge >= 0.3 is 0 Å². The van der Waals surface area contributed by atoms with E-state index in [0.717, 1.165) is 17.3 Å². The Kier molecular flexibility index (Phi) is 3.64. The van der Waals surface area contributed by atoms with Crippen LogP contribution in [0.5, 0.6) is 0 Å². The molecule has 0 aliphatic heterocycles. The number of benzene rings is 2. The molecule has 3 aromatic rings. The zero-order valence-electron chi connectivity index (χ0n) is 11.1. The normalized spacial score (nSPS) is 10.6. The van der Waals surface area contributed by atoms with Crippen LogP contribution in [0.3, 0.4) is 0 Å². The maximum absolute atomic E-state index is 13.5. The minimum absolute atomic E-state index is 0.287. The molecule has 0 amide bonds. The number of hydrogen-bond acceptors (Lipinski definition) is 2. The Hall–Kier alpha value is -2.69. The van der Waals surface area contributed by atoms with Crippen LogP contribution in [0.2, 0.25) is 0 Å². The summed E-state index contributed by atoms with van der Waals surface area (Å²) in [5.74, 6) is -1.17. The molecule has 0 unspecified atom stereocenters. The molecule has 0 atom stereocenters. The van der Waals surface area contributed by atoms with Crippen LogP contribution in [0.15, 0.2) is 61.2 Å². The number of rotatable bonds is 4. The van der Waals surface area contributed by atoms with Gasteiger partial charge in [0.25, 0.3) is 0 Å². The van der Waals surface area contributed by atoms with Crippen molar-refractivity contribution in [1.29, 1.82) is 0 Å². The third-order valence-electron chi connectivity index (χ3n) is 3.15. The van der Waals surface area contributed by atoms with Gasteiger partial charge in [0, 0.05) is 30.7 Å². The fourth-order valence-electron chi connectivity index (χ4n) is 2.03. The molecule has 0 fully saturated rings. The predicted octanol–water partition coefficient (Wildman–Crippen LogP) is 3.76. The van der Waals surface area contributed by atoms with Gasteiger partial charge in [-0.15, -0.1) is 0 Å². The molecular formula is C16H13F2N3. The van der Waals surface area contributed by atoms with E-state index in [1.807, 2.05) is 35.0 Å². The summed E-state index contributed by atoms with van der Waals surface area (Å²) in [4.78, 5) is 3.99. The third-order valence-corrected chi connectivity index (χ3v) is 3.15. The number of aromatic nitrogens is 2. The Morgan fingerprint density at radius 2 is 1.86 bits per heavy atom. The fraction of sp³-hybridized carbons (Fsp3) is 0.0625. The van der Waals surface area contributed by atoms with E-state index in [2.05, 4.69) is 10.3 Å². The Labute approximate surface area is 120 Å². The largest absolute Gasteiger partial charge is 0.379 e. The molecular weight excluding hydrogens is 272 g/mol. The minimum Gasteiger partial charge on any atom is -0.379 e. The van der Waals surface area contributed by atoms with Gasteiger partial charge in [-0.25, -0.2) is 13.8 Å². The van der Waals surface area contributed by atoms with Crippen molar-refractivity contribution < 1.29 is 8.78 Å². The molecule has 1 N–H and O–H groups in total. The summed E-state index contributed by atoms with van der Waals surface area (Å²) < 4.78 is 28.2. The standard InChI is InChI=1S/C16H13F2N3/c17-13-3-6-16(15(18)9-13)20-10-12-1-4-14(5-2-12)21-8-7-19-11-21/h1-9,11,20H,10H2. The molecule has 3 nitrogen and oxygen atoms in total. The molecule has 0 aliphatic carbocycles. The zero-order chi connectivity index (χ0) is 14.7. The molecule has 0 radical (unpaired) electrons. The van der Waals surface area contributed by atoms with Crippen LogP contribution >= 0.6 is 0 Å². The van der Waals surface area contributed by atoms with Gasteiger partial charge in [-0.3, -0.25) is 0 Å². The molecule has 0 bridgehead atoms. The van der Waals surface area contributed by atoms with Crippen LogP contribution in [0.4, 0.5) is 14.5 Å². The second kappa shape index (κ2) is 5.75. The van der Waals surface area contributed by atoms with Crippen molar-refractivity contribution in [1.82, 2.24) is 9.55 Å². The van der Waals surface area contributed by atoms with Gasteiger partial charge in [0.1, 0.15) is 11.6 Å². The second-order valence-corrected chi connectivity index (χ2v) is 4.61. The SMILES string of the molecule is Fc1ccc(NCc2ccc(-n3ccnc3)cc2)c(F)c1. The van der Waals surface area contributed by atoms with Gasteiger partial charge in [0.05, 0.1) is 12.0 Å². The third kappa shape index (κ3) is 3.08. The van der Waals surface area contributed by atoms with Crippen molar-refractivity contribution in [2.24, 2.45) is 0 Å². The average Bonchev–Trinajstić information content (AvgIpc) is 3.01. The van der Waals surface area contributed by atoms with Crippen LogP contribution in [-0.4, -0.2) is 9.55 Å². The first kappa shape index (κ1) is 13.3. The molecule has 0 saturated heterocycles. The van der Waals surface area contributed by atoms with E-state index in [4.69, 9.17) is 0 Å². The number of nitrogens with zero attached hydrogens (tertiary/aromatic N) is 2. The quantitative estimate of drug-likeness (QED) is 0.791. The highest BCUT2D eigenvalue weighted by molar-refractivity contribution is 5.45. The zero-order valence-corrected chi connectivity index (χ0v) is 11.1. The first-order valence-corrected chi connectivity index (χ1v) is 6.48. The lowest BCUT2D eigenvalue weighted by Gasteiger charge is -2.09. The number of nitrogens with one attached hydrogen (secondary N) is 1. The first-order valence-electron chi connectivity index (χ1n) is 6.48. The molecule has 0 aliphatic rings. The van der Waals surface area contributed by atoms with Gasteiger partial charge in [-0.2, -0.15) is 0 Å². The lowest BCUT2D eigenvalue weighted by Crippen LogP contribution is -2.02. The van der Waals surface area contributed by atoms with E-state index in [9.17, 15) is 8.78 Å². The Morgan fingerprint density at radius 1 is 1.05 bits per heavy atom. The predicted molar refractivity (Wildman–Crippen MR) is 77.2 cm³/mol. The molecule has 21 heavy (non-hydrogen) atoms. The molecule has 1 aromatic heterocycles. The molecule has 106 valence electrons. The highest BCUT2D eigenvalue weighted by atomic mass is 19.1. The Balaban J connectivity index is 1.68. The number of halogens is 2. The molecule has 1 heterocycles. The maximum atomic E-state index is 13.5. The van der Waals surface area contributed by atoms with Crippen molar-refractivity contribution in [2.75, 3.05) is 5.32 Å². The number of imidazole rings is 1. The fourth-order valence-corrected chi connectivity index (χ4v) is 2.03. The van der Waals surface area contributed by atoms with Crippen LogP contribution in [0.1, 0.15) is 5.56 Å². The summed E-state index contributed by atoms with van der Waals surface area (Å²) >= 11 is 0. The van der Waals surface area contributed by atoms with Gasteiger partial charge in [0.2, 0.25) is 0 Å². The van der Waals surface area contributed by atoms with E-state index in [1.165, 1.54) is 12.1 Å². The van der Waals surface area contributed by atoms with Crippen molar-refractivity contribution in [3.63, 3.8) is 0 Å². The topological polar surface area (TPSA) is 29.9 Å². The van der Waals surface area contributed by atoms with E-state index in [1.54, 1.807) is 12.5 Å². The van der Waals surface area contributed by atoms with Gasteiger partial charge in [0.15, 0.2) is 0 Å². The second-order valence-electron chi connectivity index (χ2n) is 4.61. The van der Waals surface area contributed by atoms with Crippen LogP contribution < -0.4 is 5.32 Å². The lowest BCUT2D eigenvalue weighted by atomic mass is 10.2. The first-order chi connectivity index (χ1) is 10.2. The molecule has 5 heteroatoms. The smallest absolute Gasteiger partial charge is 0.149 e. The van der Waals surface area contributed by atoms with Crippen LogP contribution in [0.25, 0.3) is 5.69 Å². The summed E-state index contributed by atoms with van der Waals surface area (Å²) in [6.45, 7) is 0.465. The summed E-state index contributed by atoms with van der Waals surface area (Å²) in [7, 11) is 0. The summed E-state index contributed by atoms with van der Waals surface area (Å²) in [5.41, 5.74) is 2.29. The summed E-state index contributed by atoms with van der Waals surface area (Å²) in [6.07, 6.45) is 5.30. The van der Waals surface area contributed by atoms with E-state index < -0.39 is 11.6 Å². The van der Waals surface area contributed by atoms with E-state index in [-0.39, 0.29) is 5.69 Å². The molecule has 3 rings (SSSR count). The summed E-state index contributed by atoms with van der Waals surface area (Å²) in [5, 5.41) is 2.95. The highest BCUT2D eigenvalue weighted by Gasteiger charge is 2.03. The Morgan fingerprint density at radius 3 is 2.52 bits per heavy atom. The van der Waals surface area contributed by atoms with Crippen molar-refractivity contribution >= 4 is 5.69 Å². The van der Waals surface area contributed by atoms with Gasteiger partial charge in [-0.05, 0) is 29.8 Å². The van der Waals surface area contributed by atoms with Crippen molar-refractivity contribution in [3.05, 3.63) is 78.4 Å². The highest BCUT2D eigenvalue weighted by Crippen LogP contribution is 2.16. The molecule has 0 saturated carbocycles. The van der Waals surface area contributed by atoms with Crippen LogP contribution in [0, 0.1) is 11.6 Å². The minimum atomic E-state index is -0.593. The maximum Gasteiger partial charge on any atom is 0.149 e. The van der Waals surface area contributed by atoms with E-state index >= 15 is 0 Å². The van der Waals surface area contributed by atoms with Gasteiger partial charge in [-0.1, -0.05) is 12.1 Å². The van der Waals surface area contributed by atoms with Crippen LogP contribution in [-0.2, 0) is 6.54 Å². The Bertz CT molecular complexity index is 722. The molecule has 0 spiro atoms. The summed E-state index contributed by atoms with van der Waals surface area (Å²) in [6, 6.07) is 11.3.